The third-order valence-corrected chi connectivity index (χ3v) is 6.55. The minimum atomic E-state index is -0.557. The number of aromatic hydroxyl groups is 1. The maximum atomic E-state index is 13.3. The predicted octanol–water partition coefficient (Wildman–Crippen LogP) is 5.13. The van der Waals surface area contributed by atoms with Crippen molar-refractivity contribution in [2.45, 2.75) is 17.2 Å². The van der Waals surface area contributed by atoms with E-state index in [0.29, 0.717) is 16.9 Å². The van der Waals surface area contributed by atoms with Gasteiger partial charge >= 0.3 is 0 Å². The number of amides is 1. The van der Waals surface area contributed by atoms with Gasteiger partial charge in [0, 0.05) is 16.5 Å². The van der Waals surface area contributed by atoms with E-state index in [4.69, 9.17) is 0 Å². The number of aromatic nitrogens is 2. The molecule has 0 aliphatic rings. The van der Waals surface area contributed by atoms with Crippen molar-refractivity contribution in [3.8, 4) is 16.9 Å². The highest BCUT2D eigenvalue weighted by Crippen LogP contribution is 2.39. The lowest BCUT2D eigenvalue weighted by molar-refractivity contribution is -0.115. The fraction of sp³-hybridized carbons (Fsp3) is 0.0909. The number of nitrogens with zero attached hydrogens (tertiary/aromatic N) is 2. The minimum absolute atomic E-state index is 0.128. The molecule has 2 heterocycles. The fourth-order valence-electron chi connectivity index (χ4n) is 2.96. The van der Waals surface area contributed by atoms with Crippen molar-refractivity contribution in [1.29, 1.82) is 0 Å². The molecule has 0 bridgehead atoms. The first-order valence-electron chi connectivity index (χ1n) is 9.20. The first kappa shape index (κ1) is 21.0. The number of benzene rings is 2. The second-order valence-corrected chi connectivity index (χ2v) is 8.85. The Kier molecular flexibility index (Phi) is 5.97. The van der Waals surface area contributed by atoms with Crippen LogP contribution in [0.3, 0.4) is 0 Å². The van der Waals surface area contributed by atoms with Gasteiger partial charge in [0.15, 0.2) is 0 Å². The Labute approximate surface area is 185 Å². The van der Waals surface area contributed by atoms with E-state index in [1.54, 1.807) is 19.1 Å². The molecule has 0 radical (unpaired) electrons. The van der Waals surface area contributed by atoms with E-state index in [9.17, 15) is 19.1 Å². The molecule has 0 saturated carbocycles. The minimum Gasteiger partial charge on any atom is -0.506 e. The highest BCUT2D eigenvalue weighted by molar-refractivity contribution is 8.00. The zero-order valence-electron chi connectivity index (χ0n) is 16.2. The largest absolute Gasteiger partial charge is 0.506 e. The van der Waals surface area contributed by atoms with Gasteiger partial charge in [-0.05, 0) is 42.8 Å². The molecule has 4 rings (SSSR count). The first-order chi connectivity index (χ1) is 15.0. The number of rotatable bonds is 6. The molecule has 2 aromatic heterocycles. The fourth-order valence-corrected chi connectivity index (χ4v) is 4.88. The van der Waals surface area contributed by atoms with Gasteiger partial charge in [-0.25, -0.2) is 14.4 Å². The van der Waals surface area contributed by atoms with Crippen molar-refractivity contribution in [3.63, 3.8) is 0 Å². The van der Waals surface area contributed by atoms with Crippen LogP contribution in [0.2, 0.25) is 0 Å². The number of phenols is 1. The molecule has 2 N–H and O–H groups in total. The molecule has 9 heteroatoms. The zero-order valence-corrected chi connectivity index (χ0v) is 17.8. The van der Waals surface area contributed by atoms with Crippen molar-refractivity contribution in [2.24, 2.45) is 0 Å². The van der Waals surface area contributed by atoms with E-state index in [0.717, 1.165) is 21.3 Å². The molecule has 0 saturated heterocycles. The third kappa shape index (κ3) is 4.42. The van der Waals surface area contributed by atoms with Crippen LogP contribution in [0, 0.1) is 5.82 Å². The number of thiophene rings is 1. The monoisotopic (exact) mass is 453 g/mol. The maximum Gasteiger partial charge on any atom is 0.237 e. The van der Waals surface area contributed by atoms with Crippen LogP contribution in [0.15, 0.2) is 59.2 Å². The molecule has 31 heavy (non-hydrogen) atoms. The summed E-state index contributed by atoms with van der Waals surface area (Å²) < 4.78 is 13.3. The first-order valence-corrected chi connectivity index (χ1v) is 11.0. The van der Waals surface area contributed by atoms with Crippen LogP contribution in [0.4, 0.5) is 10.1 Å². The molecule has 1 atom stereocenters. The third-order valence-electron chi connectivity index (χ3n) is 4.56. The summed E-state index contributed by atoms with van der Waals surface area (Å²) in [5.74, 6) is -0.799. The number of anilines is 1. The molecule has 0 aliphatic heterocycles. The molecule has 1 unspecified atom stereocenters. The van der Waals surface area contributed by atoms with Gasteiger partial charge in [-0.3, -0.25) is 9.59 Å². The Morgan fingerprint density at radius 2 is 2.00 bits per heavy atom. The lowest BCUT2D eigenvalue weighted by Gasteiger charge is -2.13. The van der Waals surface area contributed by atoms with Crippen LogP contribution in [-0.4, -0.2) is 32.5 Å². The summed E-state index contributed by atoms with van der Waals surface area (Å²) in [6.07, 6.45) is 2.08. The molecule has 156 valence electrons. The second-order valence-electron chi connectivity index (χ2n) is 6.66. The Morgan fingerprint density at radius 3 is 2.74 bits per heavy atom. The predicted molar refractivity (Wildman–Crippen MR) is 120 cm³/mol. The summed E-state index contributed by atoms with van der Waals surface area (Å²) >= 11 is 2.70. The Hall–Kier alpha value is -3.30. The van der Waals surface area contributed by atoms with Gasteiger partial charge in [0.25, 0.3) is 0 Å². The topological polar surface area (TPSA) is 92.2 Å². The Bertz CT molecular complexity index is 1270. The van der Waals surface area contributed by atoms with Crippen molar-refractivity contribution >= 4 is 51.2 Å². The average molecular weight is 454 g/mol. The normalized spacial score (nSPS) is 11.9. The van der Waals surface area contributed by atoms with Crippen LogP contribution >= 0.6 is 23.1 Å². The number of halogens is 1. The van der Waals surface area contributed by atoms with Crippen LogP contribution in [0.5, 0.6) is 5.75 Å². The highest BCUT2D eigenvalue weighted by Gasteiger charge is 2.21. The number of carbonyl (C=O) groups is 2. The second kappa shape index (κ2) is 8.83. The smallest absolute Gasteiger partial charge is 0.237 e. The van der Waals surface area contributed by atoms with Crippen molar-refractivity contribution in [1.82, 2.24) is 9.97 Å². The summed E-state index contributed by atoms with van der Waals surface area (Å²) in [5.41, 5.74) is 2.20. The molecule has 0 spiro atoms. The Balaban J connectivity index is 1.61. The quantitative estimate of drug-likeness (QED) is 0.182. The molecule has 4 aromatic rings. The number of carbonyl (C=O) groups excluding carboxylic acids is 2. The van der Waals surface area contributed by atoms with Crippen molar-refractivity contribution in [2.75, 3.05) is 5.32 Å². The zero-order chi connectivity index (χ0) is 22.0. The average Bonchev–Trinajstić information content (AvgIpc) is 3.21. The molecule has 0 fully saturated rings. The van der Waals surface area contributed by atoms with E-state index in [1.807, 2.05) is 5.38 Å². The molecular formula is C22H16FN3O3S2. The van der Waals surface area contributed by atoms with Crippen LogP contribution < -0.4 is 5.32 Å². The number of fused-ring (bicyclic) bond motifs is 1. The van der Waals surface area contributed by atoms with Gasteiger partial charge in [0.1, 0.15) is 34.0 Å². The SMILES string of the molecule is CC(Sc1ncnc2scc(-c3ccc(F)cc3)c12)C(=O)Nc1cc(C=O)ccc1O. The van der Waals surface area contributed by atoms with Gasteiger partial charge in [0.2, 0.25) is 5.91 Å². The Morgan fingerprint density at radius 1 is 1.23 bits per heavy atom. The standard InChI is InChI=1S/C22H16FN3O3S2/c1-12(20(29)26-17-8-13(9-27)2-7-18(17)28)31-22-19-16(10-30-21(19)24-11-25-22)14-3-5-15(23)6-4-14/h2-12,28H,1H3,(H,26,29). The summed E-state index contributed by atoms with van der Waals surface area (Å²) in [6.45, 7) is 1.72. The maximum absolute atomic E-state index is 13.3. The van der Waals surface area contributed by atoms with E-state index >= 15 is 0 Å². The van der Waals surface area contributed by atoms with E-state index in [1.165, 1.54) is 59.8 Å². The van der Waals surface area contributed by atoms with E-state index < -0.39 is 5.25 Å². The van der Waals surface area contributed by atoms with Crippen molar-refractivity contribution in [3.05, 3.63) is 65.6 Å². The molecular weight excluding hydrogens is 437 g/mol. The summed E-state index contributed by atoms with van der Waals surface area (Å²) in [6, 6.07) is 10.4. The van der Waals surface area contributed by atoms with E-state index in [2.05, 4.69) is 15.3 Å². The number of aldehydes is 1. The van der Waals surface area contributed by atoms with Gasteiger partial charge in [-0.2, -0.15) is 0 Å². The number of phenolic OH excluding ortho intramolecular Hbond substituents is 1. The summed E-state index contributed by atoms with van der Waals surface area (Å²) in [4.78, 5) is 33.1. The van der Waals surface area contributed by atoms with Gasteiger partial charge in [-0.15, -0.1) is 11.3 Å². The lowest BCUT2D eigenvalue weighted by Crippen LogP contribution is -2.22. The number of thioether (sulfide) groups is 1. The number of hydrogen-bond acceptors (Lipinski definition) is 7. The van der Waals surface area contributed by atoms with Gasteiger partial charge in [0.05, 0.1) is 16.3 Å². The summed E-state index contributed by atoms with van der Waals surface area (Å²) in [7, 11) is 0. The molecule has 6 nitrogen and oxygen atoms in total. The highest BCUT2D eigenvalue weighted by atomic mass is 32.2. The number of hydrogen-bond donors (Lipinski definition) is 2. The van der Waals surface area contributed by atoms with Gasteiger partial charge in [-0.1, -0.05) is 23.9 Å². The van der Waals surface area contributed by atoms with Crippen LogP contribution in [-0.2, 0) is 4.79 Å². The molecule has 1 amide bonds. The lowest BCUT2D eigenvalue weighted by atomic mass is 10.1. The number of nitrogens with one attached hydrogen (secondary N) is 1. The van der Waals surface area contributed by atoms with Crippen LogP contribution in [0.1, 0.15) is 17.3 Å². The van der Waals surface area contributed by atoms with Crippen molar-refractivity contribution < 1.29 is 19.1 Å². The van der Waals surface area contributed by atoms with Crippen LogP contribution in [0.25, 0.3) is 21.3 Å². The van der Waals surface area contributed by atoms with Gasteiger partial charge < -0.3 is 10.4 Å². The molecule has 2 aromatic carbocycles. The van der Waals surface area contributed by atoms with E-state index in [-0.39, 0.29) is 23.2 Å². The molecule has 0 aliphatic carbocycles. The summed E-state index contributed by atoms with van der Waals surface area (Å²) in [5, 5.41) is 15.4.